The number of nitrogens with zero attached hydrogens (tertiary/aromatic N) is 3. The van der Waals surface area contributed by atoms with Gasteiger partial charge in [-0.1, -0.05) is 12.1 Å². The number of hydrogen-bond acceptors (Lipinski definition) is 3. The number of amides is 1. The van der Waals surface area contributed by atoms with E-state index in [1.165, 1.54) is 0 Å². The first-order valence-electron chi connectivity index (χ1n) is 8.62. The highest BCUT2D eigenvalue weighted by Crippen LogP contribution is 2.15. The maximum Gasteiger partial charge on any atom is 0.253 e. The van der Waals surface area contributed by atoms with Gasteiger partial charge < -0.3 is 10.2 Å². The molecule has 0 bridgehead atoms. The van der Waals surface area contributed by atoms with Gasteiger partial charge >= 0.3 is 0 Å². The Hall–Kier alpha value is -2.14. The van der Waals surface area contributed by atoms with Crippen LogP contribution in [0, 0.1) is 13.8 Å². The molecule has 1 saturated heterocycles. The molecule has 1 aliphatic heterocycles. The third-order valence-corrected chi connectivity index (χ3v) is 4.81. The largest absolute Gasteiger partial charge is 0.339 e. The van der Waals surface area contributed by atoms with Gasteiger partial charge in [-0.15, -0.1) is 0 Å². The molecule has 1 aliphatic rings. The van der Waals surface area contributed by atoms with E-state index in [1.54, 1.807) is 0 Å². The summed E-state index contributed by atoms with van der Waals surface area (Å²) >= 11 is 0. The van der Waals surface area contributed by atoms with Crippen LogP contribution in [0.4, 0.5) is 0 Å². The van der Waals surface area contributed by atoms with Crippen molar-refractivity contribution in [3.8, 4) is 0 Å². The normalized spacial score (nSPS) is 15.5. The van der Waals surface area contributed by atoms with E-state index in [0.717, 1.165) is 55.0 Å². The minimum absolute atomic E-state index is 0.111. The molecule has 0 saturated carbocycles. The molecule has 5 nitrogen and oxygen atoms in total. The Morgan fingerprint density at radius 1 is 1.25 bits per heavy atom. The molecule has 128 valence electrons. The molecule has 0 aliphatic carbocycles. The summed E-state index contributed by atoms with van der Waals surface area (Å²) in [6, 6.07) is 10.3. The molecule has 1 fully saturated rings. The van der Waals surface area contributed by atoms with Crippen molar-refractivity contribution in [2.24, 2.45) is 0 Å². The first-order chi connectivity index (χ1) is 11.5. The van der Waals surface area contributed by atoms with Crippen LogP contribution in [-0.4, -0.2) is 46.8 Å². The average molecular weight is 326 g/mol. The van der Waals surface area contributed by atoms with Crippen molar-refractivity contribution < 1.29 is 4.79 Å². The van der Waals surface area contributed by atoms with E-state index < -0.39 is 0 Å². The van der Waals surface area contributed by atoms with Gasteiger partial charge in [0.1, 0.15) is 0 Å². The van der Waals surface area contributed by atoms with Gasteiger partial charge in [0.05, 0.1) is 12.2 Å². The number of hydrogen-bond donors (Lipinski definition) is 1. The molecule has 1 aromatic heterocycles. The average Bonchev–Trinajstić information content (AvgIpc) is 2.92. The van der Waals surface area contributed by atoms with E-state index in [2.05, 4.69) is 23.4 Å². The minimum Gasteiger partial charge on any atom is -0.339 e. The number of piperidine rings is 1. The number of aromatic nitrogens is 2. The fraction of sp³-hybridized carbons (Fsp3) is 0.474. The van der Waals surface area contributed by atoms with Crippen molar-refractivity contribution in [3.63, 3.8) is 0 Å². The Morgan fingerprint density at radius 3 is 2.50 bits per heavy atom. The Morgan fingerprint density at radius 2 is 1.92 bits per heavy atom. The smallest absolute Gasteiger partial charge is 0.253 e. The molecule has 0 atom stereocenters. The molecule has 3 rings (SSSR count). The van der Waals surface area contributed by atoms with E-state index in [4.69, 9.17) is 0 Å². The van der Waals surface area contributed by atoms with Crippen molar-refractivity contribution in [2.45, 2.75) is 39.3 Å². The van der Waals surface area contributed by atoms with E-state index >= 15 is 0 Å². The highest BCUT2D eigenvalue weighted by atomic mass is 16.2. The van der Waals surface area contributed by atoms with E-state index in [1.807, 2.05) is 47.8 Å². The molecule has 1 N–H and O–H groups in total. The van der Waals surface area contributed by atoms with Crippen LogP contribution in [0.25, 0.3) is 0 Å². The Kier molecular flexibility index (Phi) is 5.00. The summed E-state index contributed by atoms with van der Waals surface area (Å²) in [5.74, 6) is 0.111. The fourth-order valence-corrected chi connectivity index (χ4v) is 3.32. The van der Waals surface area contributed by atoms with Gasteiger partial charge in [0.2, 0.25) is 0 Å². The van der Waals surface area contributed by atoms with Gasteiger partial charge in [0, 0.05) is 24.3 Å². The summed E-state index contributed by atoms with van der Waals surface area (Å²) in [6.07, 6.45) is 2.05. The molecular formula is C19H26N4O. The molecule has 2 heterocycles. The van der Waals surface area contributed by atoms with Crippen LogP contribution < -0.4 is 5.32 Å². The van der Waals surface area contributed by atoms with Gasteiger partial charge in [-0.05, 0) is 63.5 Å². The predicted molar refractivity (Wildman–Crippen MR) is 95.2 cm³/mol. The molecule has 5 heteroatoms. The summed E-state index contributed by atoms with van der Waals surface area (Å²) in [7, 11) is 1.92. The Bertz CT molecular complexity index is 699. The number of benzene rings is 1. The van der Waals surface area contributed by atoms with Gasteiger partial charge in [0.15, 0.2) is 0 Å². The van der Waals surface area contributed by atoms with Crippen molar-refractivity contribution in [2.75, 3.05) is 20.1 Å². The highest BCUT2D eigenvalue weighted by molar-refractivity contribution is 5.94. The molecule has 0 radical (unpaired) electrons. The third kappa shape index (κ3) is 3.67. The molecule has 0 unspecified atom stereocenters. The minimum atomic E-state index is 0.111. The zero-order chi connectivity index (χ0) is 17.1. The number of carbonyl (C=O) groups is 1. The lowest BCUT2D eigenvalue weighted by Gasteiger charge is -2.31. The van der Waals surface area contributed by atoms with Crippen molar-refractivity contribution in [1.82, 2.24) is 20.0 Å². The van der Waals surface area contributed by atoms with Crippen molar-refractivity contribution in [3.05, 3.63) is 52.8 Å². The predicted octanol–water partition coefficient (Wildman–Crippen LogP) is 2.37. The van der Waals surface area contributed by atoms with E-state index in [-0.39, 0.29) is 5.91 Å². The zero-order valence-corrected chi connectivity index (χ0v) is 14.7. The maximum absolute atomic E-state index is 12.7. The SMILES string of the molecule is Cc1cc(C)n(Cc2ccc(C(=O)N(C)C3CCNCC3)cc2)n1. The second-order valence-electron chi connectivity index (χ2n) is 6.68. The second kappa shape index (κ2) is 7.18. The van der Waals surface area contributed by atoms with Crippen LogP contribution in [0.15, 0.2) is 30.3 Å². The zero-order valence-electron chi connectivity index (χ0n) is 14.7. The molecular weight excluding hydrogens is 300 g/mol. The van der Waals surface area contributed by atoms with Gasteiger partial charge in [-0.3, -0.25) is 9.48 Å². The van der Waals surface area contributed by atoms with Crippen LogP contribution in [0.1, 0.15) is 40.2 Å². The van der Waals surface area contributed by atoms with Crippen molar-refractivity contribution >= 4 is 5.91 Å². The molecule has 24 heavy (non-hydrogen) atoms. The first-order valence-corrected chi connectivity index (χ1v) is 8.62. The van der Waals surface area contributed by atoms with Crippen molar-refractivity contribution in [1.29, 1.82) is 0 Å². The monoisotopic (exact) mass is 326 g/mol. The lowest BCUT2D eigenvalue weighted by atomic mass is 10.0. The van der Waals surface area contributed by atoms with Crippen LogP contribution >= 0.6 is 0 Å². The maximum atomic E-state index is 12.7. The fourth-order valence-electron chi connectivity index (χ4n) is 3.32. The lowest BCUT2D eigenvalue weighted by Crippen LogP contribution is -2.43. The Labute approximate surface area is 143 Å². The molecule has 1 aromatic carbocycles. The van der Waals surface area contributed by atoms with Crippen LogP contribution in [-0.2, 0) is 6.54 Å². The molecule has 1 amide bonds. The second-order valence-corrected chi connectivity index (χ2v) is 6.68. The van der Waals surface area contributed by atoms with Crippen LogP contribution in [0.5, 0.6) is 0 Å². The van der Waals surface area contributed by atoms with Gasteiger partial charge in [-0.25, -0.2) is 0 Å². The highest BCUT2D eigenvalue weighted by Gasteiger charge is 2.22. The topological polar surface area (TPSA) is 50.2 Å². The van der Waals surface area contributed by atoms with E-state index in [0.29, 0.717) is 6.04 Å². The number of aryl methyl sites for hydroxylation is 2. The number of nitrogens with one attached hydrogen (secondary N) is 1. The standard InChI is InChI=1S/C19H26N4O/c1-14-12-15(2)23(21-14)13-16-4-6-17(7-5-16)19(24)22(3)18-8-10-20-11-9-18/h4-7,12,18,20H,8-11,13H2,1-3H3. The van der Waals surface area contributed by atoms with Crippen LogP contribution in [0.3, 0.4) is 0 Å². The summed E-state index contributed by atoms with van der Waals surface area (Å²) in [5.41, 5.74) is 4.09. The molecule has 0 spiro atoms. The first kappa shape index (κ1) is 16.7. The summed E-state index contributed by atoms with van der Waals surface area (Å²) in [6.45, 7) is 6.78. The number of carbonyl (C=O) groups excluding carboxylic acids is 1. The van der Waals surface area contributed by atoms with Gasteiger partial charge in [-0.2, -0.15) is 5.10 Å². The summed E-state index contributed by atoms with van der Waals surface area (Å²) in [4.78, 5) is 14.6. The quantitative estimate of drug-likeness (QED) is 0.938. The lowest BCUT2D eigenvalue weighted by molar-refractivity contribution is 0.0703. The van der Waals surface area contributed by atoms with Gasteiger partial charge in [0.25, 0.3) is 5.91 Å². The van der Waals surface area contributed by atoms with Crippen LogP contribution in [0.2, 0.25) is 0 Å². The molecule has 2 aromatic rings. The summed E-state index contributed by atoms with van der Waals surface area (Å²) in [5, 5.41) is 7.83. The Balaban J connectivity index is 1.67. The third-order valence-electron chi connectivity index (χ3n) is 4.81. The summed E-state index contributed by atoms with van der Waals surface area (Å²) < 4.78 is 1.99. The van der Waals surface area contributed by atoms with E-state index in [9.17, 15) is 4.79 Å². The number of rotatable bonds is 4.